The van der Waals surface area contributed by atoms with Crippen LogP contribution >= 0.6 is 0 Å². The third-order valence-corrected chi connectivity index (χ3v) is 2.83. The van der Waals surface area contributed by atoms with Gasteiger partial charge in [-0.05, 0) is 37.8 Å². The summed E-state index contributed by atoms with van der Waals surface area (Å²) < 4.78 is 5.90. The normalized spacial score (nSPS) is 17.6. The molecule has 0 fully saturated rings. The summed E-state index contributed by atoms with van der Waals surface area (Å²) in [7, 11) is 0. The number of benzene rings is 1. The zero-order valence-electron chi connectivity index (χ0n) is 9.56. The van der Waals surface area contributed by atoms with E-state index >= 15 is 0 Å². The first-order valence-electron chi connectivity index (χ1n) is 5.95. The third kappa shape index (κ3) is 2.75. The van der Waals surface area contributed by atoms with Gasteiger partial charge >= 0.3 is 0 Å². The van der Waals surface area contributed by atoms with Gasteiger partial charge in [-0.25, -0.2) is 0 Å². The molecule has 0 radical (unpaired) electrons. The standard InChI is InChI=1S/C15H18O/c1-2-3-4-5-9-14-12-11-13-8-6-7-10-15(13)16-14/h2,6-8,10-12,14H,1,3-5,9H2. The van der Waals surface area contributed by atoms with Gasteiger partial charge in [-0.3, -0.25) is 0 Å². The molecule has 1 heteroatoms. The van der Waals surface area contributed by atoms with Crippen LogP contribution in [0.3, 0.4) is 0 Å². The van der Waals surface area contributed by atoms with E-state index in [0.29, 0.717) is 0 Å². The SMILES string of the molecule is C=CCCCCC1C=Cc2ccccc2O1. The van der Waals surface area contributed by atoms with Crippen molar-refractivity contribution in [1.29, 1.82) is 0 Å². The molecule has 0 bridgehead atoms. The van der Waals surface area contributed by atoms with Gasteiger partial charge in [-0.2, -0.15) is 0 Å². The zero-order chi connectivity index (χ0) is 11.2. The maximum atomic E-state index is 5.90. The Balaban J connectivity index is 1.86. The van der Waals surface area contributed by atoms with E-state index in [1.54, 1.807) is 0 Å². The van der Waals surface area contributed by atoms with Crippen molar-refractivity contribution in [2.75, 3.05) is 0 Å². The highest BCUT2D eigenvalue weighted by atomic mass is 16.5. The van der Waals surface area contributed by atoms with Gasteiger partial charge < -0.3 is 4.74 Å². The van der Waals surface area contributed by atoms with Gasteiger partial charge in [-0.1, -0.05) is 30.4 Å². The van der Waals surface area contributed by atoms with Crippen LogP contribution < -0.4 is 4.74 Å². The summed E-state index contributed by atoms with van der Waals surface area (Å²) in [6.07, 6.45) is 11.2. The van der Waals surface area contributed by atoms with E-state index in [4.69, 9.17) is 4.74 Å². The molecule has 0 saturated carbocycles. The lowest BCUT2D eigenvalue weighted by atomic mass is 10.1. The van der Waals surface area contributed by atoms with Crippen LogP contribution in [0.2, 0.25) is 0 Å². The molecule has 0 aliphatic carbocycles. The average molecular weight is 214 g/mol. The van der Waals surface area contributed by atoms with Crippen LogP contribution in [0.15, 0.2) is 43.0 Å². The number of rotatable bonds is 5. The van der Waals surface area contributed by atoms with Gasteiger partial charge in [0.1, 0.15) is 11.9 Å². The summed E-state index contributed by atoms with van der Waals surface area (Å²) in [6.45, 7) is 3.73. The van der Waals surface area contributed by atoms with Crippen molar-refractivity contribution >= 4 is 6.08 Å². The molecule has 1 atom stereocenters. The molecular weight excluding hydrogens is 196 g/mol. The minimum atomic E-state index is 0.250. The summed E-state index contributed by atoms with van der Waals surface area (Å²) in [6, 6.07) is 8.18. The highest BCUT2D eigenvalue weighted by Gasteiger charge is 2.12. The predicted octanol–water partition coefficient (Wildman–Crippen LogP) is 4.21. The van der Waals surface area contributed by atoms with Crippen LogP contribution in [0.4, 0.5) is 0 Å². The molecule has 16 heavy (non-hydrogen) atoms. The highest BCUT2D eigenvalue weighted by Crippen LogP contribution is 2.26. The molecule has 1 aliphatic heterocycles. The second kappa shape index (κ2) is 5.55. The zero-order valence-corrected chi connectivity index (χ0v) is 9.56. The fourth-order valence-electron chi connectivity index (χ4n) is 1.93. The van der Waals surface area contributed by atoms with Crippen LogP contribution in [0.1, 0.15) is 31.2 Å². The molecule has 84 valence electrons. The molecule has 1 heterocycles. The van der Waals surface area contributed by atoms with E-state index in [-0.39, 0.29) is 6.10 Å². The van der Waals surface area contributed by atoms with Crippen LogP contribution in [-0.4, -0.2) is 6.10 Å². The molecule has 1 unspecified atom stereocenters. The summed E-state index contributed by atoms with van der Waals surface area (Å²) in [5, 5.41) is 0. The molecule has 2 rings (SSSR count). The number of ether oxygens (including phenoxy) is 1. The van der Waals surface area contributed by atoms with E-state index in [9.17, 15) is 0 Å². The van der Waals surface area contributed by atoms with E-state index in [0.717, 1.165) is 18.6 Å². The Hall–Kier alpha value is -1.50. The Morgan fingerprint density at radius 3 is 3.00 bits per heavy atom. The highest BCUT2D eigenvalue weighted by molar-refractivity contribution is 5.59. The average Bonchev–Trinajstić information content (AvgIpc) is 2.34. The first-order valence-corrected chi connectivity index (χ1v) is 5.95. The van der Waals surface area contributed by atoms with E-state index in [2.05, 4.69) is 24.8 Å². The molecule has 1 nitrogen and oxygen atoms in total. The molecular formula is C15H18O. The van der Waals surface area contributed by atoms with Gasteiger partial charge in [0.25, 0.3) is 0 Å². The summed E-state index contributed by atoms with van der Waals surface area (Å²) in [5.74, 6) is 1.01. The van der Waals surface area contributed by atoms with Crippen molar-refractivity contribution in [2.24, 2.45) is 0 Å². The second-order valence-corrected chi connectivity index (χ2v) is 4.13. The van der Waals surface area contributed by atoms with Gasteiger partial charge in [0.2, 0.25) is 0 Å². The predicted molar refractivity (Wildman–Crippen MR) is 68.6 cm³/mol. The Kier molecular flexibility index (Phi) is 3.81. The fourth-order valence-corrected chi connectivity index (χ4v) is 1.93. The van der Waals surface area contributed by atoms with Crippen LogP contribution in [0.5, 0.6) is 5.75 Å². The molecule has 0 saturated heterocycles. The Bertz CT molecular complexity index is 379. The minimum absolute atomic E-state index is 0.250. The van der Waals surface area contributed by atoms with Gasteiger partial charge in [0, 0.05) is 5.56 Å². The van der Waals surface area contributed by atoms with Crippen molar-refractivity contribution in [3.05, 3.63) is 48.6 Å². The largest absolute Gasteiger partial charge is 0.486 e. The lowest BCUT2D eigenvalue weighted by Gasteiger charge is -2.21. The lowest BCUT2D eigenvalue weighted by molar-refractivity contribution is 0.231. The van der Waals surface area contributed by atoms with Crippen molar-refractivity contribution in [3.8, 4) is 5.75 Å². The second-order valence-electron chi connectivity index (χ2n) is 4.13. The van der Waals surface area contributed by atoms with Crippen molar-refractivity contribution in [3.63, 3.8) is 0 Å². The lowest BCUT2D eigenvalue weighted by Crippen LogP contribution is -2.16. The van der Waals surface area contributed by atoms with Crippen molar-refractivity contribution < 1.29 is 4.74 Å². The molecule has 0 amide bonds. The minimum Gasteiger partial charge on any atom is -0.486 e. The summed E-state index contributed by atoms with van der Waals surface area (Å²) >= 11 is 0. The molecule has 0 N–H and O–H groups in total. The molecule has 0 aromatic heterocycles. The maximum Gasteiger partial charge on any atom is 0.127 e. The maximum absolute atomic E-state index is 5.90. The number of hydrogen-bond donors (Lipinski definition) is 0. The quantitative estimate of drug-likeness (QED) is 0.527. The molecule has 1 aromatic carbocycles. The number of para-hydroxylation sites is 1. The third-order valence-electron chi connectivity index (χ3n) is 2.83. The van der Waals surface area contributed by atoms with Gasteiger partial charge in [0.05, 0.1) is 0 Å². The number of fused-ring (bicyclic) bond motifs is 1. The van der Waals surface area contributed by atoms with Crippen molar-refractivity contribution in [2.45, 2.75) is 31.8 Å². The number of allylic oxidation sites excluding steroid dienone is 1. The first kappa shape index (κ1) is 11.0. The van der Waals surface area contributed by atoms with E-state index in [1.165, 1.54) is 18.4 Å². The number of hydrogen-bond acceptors (Lipinski definition) is 1. The fraction of sp³-hybridized carbons (Fsp3) is 0.333. The van der Waals surface area contributed by atoms with Crippen LogP contribution in [0, 0.1) is 0 Å². The first-order chi connectivity index (χ1) is 7.90. The smallest absolute Gasteiger partial charge is 0.127 e. The Morgan fingerprint density at radius 1 is 1.25 bits per heavy atom. The topological polar surface area (TPSA) is 9.23 Å². The van der Waals surface area contributed by atoms with Gasteiger partial charge in [-0.15, -0.1) is 6.58 Å². The van der Waals surface area contributed by atoms with E-state index in [1.807, 2.05) is 24.3 Å². The van der Waals surface area contributed by atoms with Crippen LogP contribution in [-0.2, 0) is 0 Å². The Morgan fingerprint density at radius 2 is 2.12 bits per heavy atom. The molecule has 0 spiro atoms. The summed E-state index contributed by atoms with van der Waals surface area (Å²) in [4.78, 5) is 0. The number of unbranched alkanes of at least 4 members (excludes halogenated alkanes) is 2. The van der Waals surface area contributed by atoms with Gasteiger partial charge in [0.15, 0.2) is 0 Å². The van der Waals surface area contributed by atoms with Crippen molar-refractivity contribution in [1.82, 2.24) is 0 Å². The monoisotopic (exact) mass is 214 g/mol. The van der Waals surface area contributed by atoms with E-state index < -0.39 is 0 Å². The summed E-state index contributed by atoms with van der Waals surface area (Å²) in [5.41, 5.74) is 1.19. The Labute approximate surface area is 97.4 Å². The van der Waals surface area contributed by atoms with Crippen LogP contribution in [0.25, 0.3) is 6.08 Å². The molecule has 1 aromatic rings. The molecule has 1 aliphatic rings.